The van der Waals surface area contributed by atoms with E-state index in [0.717, 1.165) is 25.1 Å². The van der Waals surface area contributed by atoms with E-state index >= 15 is 0 Å². The molecule has 9 heteroatoms. The van der Waals surface area contributed by atoms with Crippen molar-refractivity contribution in [3.63, 3.8) is 0 Å². The van der Waals surface area contributed by atoms with Crippen LogP contribution in [-0.4, -0.2) is 69.9 Å². The number of benzene rings is 1. The van der Waals surface area contributed by atoms with Gasteiger partial charge in [-0.1, -0.05) is 25.1 Å². The Labute approximate surface area is 179 Å². The Morgan fingerprint density at radius 1 is 1.22 bits per heavy atom. The maximum atomic E-state index is 13.1. The van der Waals surface area contributed by atoms with Gasteiger partial charge < -0.3 is 15.5 Å². The van der Waals surface area contributed by atoms with Crippen molar-refractivity contribution in [2.75, 3.05) is 40.3 Å². The summed E-state index contributed by atoms with van der Waals surface area (Å²) in [6, 6.07) is 7.68. The molecule has 0 bridgehead atoms. The van der Waals surface area contributed by atoms with Gasteiger partial charge in [-0.25, -0.2) is 8.42 Å². The summed E-state index contributed by atoms with van der Waals surface area (Å²) < 4.78 is 27.8. The predicted molar refractivity (Wildman–Crippen MR) is 119 cm³/mol. The minimum absolute atomic E-state index is 0. The van der Waals surface area contributed by atoms with Crippen LogP contribution >= 0.6 is 24.0 Å². The zero-order valence-electron chi connectivity index (χ0n) is 16.2. The summed E-state index contributed by atoms with van der Waals surface area (Å²) in [6.45, 7) is 5.20. The van der Waals surface area contributed by atoms with Crippen LogP contribution in [0.1, 0.15) is 18.9 Å². The molecule has 0 spiro atoms. The van der Waals surface area contributed by atoms with Gasteiger partial charge in [-0.05, 0) is 31.0 Å². The number of nitrogens with zero attached hydrogens (tertiary/aromatic N) is 3. The summed E-state index contributed by atoms with van der Waals surface area (Å²) in [5.74, 6) is 1.38. The molecule has 1 heterocycles. The Morgan fingerprint density at radius 2 is 1.85 bits per heavy atom. The van der Waals surface area contributed by atoms with E-state index in [2.05, 4.69) is 27.4 Å². The van der Waals surface area contributed by atoms with E-state index in [9.17, 15) is 8.42 Å². The van der Waals surface area contributed by atoms with Crippen LogP contribution in [0.2, 0.25) is 0 Å². The molecule has 27 heavy (non-hydrogen) atoms. The number of rotatable bonds is 5. The number of hydrogen-bond donors (Lipinski definition) is 2. The fourth-order valence-corrected chi connectivity index (χ4v) is 4.79. The molecule has 2 atom stereocenters. The van der Waals surface area contributed by atoms with Gasteiger partial charge in [0.1, 0.15) is 0 Å². The lowest BCUT2D eigenvalue weighted by atomic mass is 10.2. The molecule has 0 amide bonds. The number of piperazine rings is 1. The standard InChI is InChI=1S/C18H29N5O2S.HI/c1-14-12-16(14)21-18(19-2)20-13-15-6-4-5-7-17(15)26(24,25)23-10-8-22(3)9-11-23;/h4-7,14,16H,8-13H2,1-3H3,(H2,19,20,21);1H. The number of aliphatic imine (C=N–C) groups is 1. The Kier molecular flexibility index (Phi) is 7.90. The van der Waals surface area contributed by atoms with E-state index in [1.165, 1.54) is 0 Å². The molecule has 3 rings (SSSR count). The third kappa shape index (κ3) is 5.55. The largest absolute Gasteiger partial charge is 0.353 e. The molecule has 1 aliphatic carbocycles. The number of guanidine groups is 1. The highest BCUT2D eigenvalue weighted by atomic mass is 127. The van der Waals surface area contributed by atoms with Crippen LogP contribution in [-0.2, 0) is 16.6 Å². The van der Waals surface area contributed by atoms with Crippen LogP contribution in [0.25, 0.3) is 0 Å². The Hall–Kier alpha value is -0.910. The van der Waals surface area contributed by atoms with E-state index in [1.54, 1.807) is 23.5 Å². The van der Waals surface area contributed by atoms with E-state index in [-0.39, 0.29) is 24.0 Å². The maximum absolute atomic E-state index is 13.1. The summed E-state index contributed by atoms with van der Waals surface area (Å²) in [5.41, 5.74) is 0.762. The first-order valence-corrected chi connectivity index (χ1v) is 10.6. The first kappa shape index (κ1) is 22.4. The van der Waals surface area contributed by atoms with Crippen LogP contribution in [0, 0.1) is 5.92 Å². The smallest absolute Gasteiger partial charge is 0.243 e. The highest BCUT2D eigenvalue weighted by molar-refractivity contribution is 14.0. The van der Waals surface area contributed by atoms with Gasteiger partial charge in [0.2, 0.25) is 10.0 Å². The molecule has 7 nitrogen and oxygen atoms in total. The summed E-state index contributed by atoms with van der Waals surface area (Å²) >= 11 is 0. The van der Waals surface area contributed by atoms with Gasteiger partial charge in [-0.3, -0.25) is 4.99 Å². The van der Waals surface area contributed by atoms with Gasteiger partial charge >= 0.3 is 0 Å². The lowest BCUT2D eigenvalue weighted by Gasteiger charge is -2.32. The molecule has 2 fully saturated rings. The second-order valence-corrected chi connectivity index (χ2v) is 9.11. The van der Waals surface area contributed by atoms with Gasteiger partial charge in [0.05, 0.1) is 4.90 Å². The molecule has 2 aliphatic rings. The molecular weight excluding hydrogens is 477 g/mol. The average molecular weight is 507 g/mol. The molecule has 0 aromatic heterocycles. The maximum Gasteiger partial charge on any atom is 0.243 e. The Morgan fingerprint density at radius 3 is 2.44 bits per heavy atom. The van der Waals surface area contributed by atoms with Gasteiger partial charge in [0.25, 0.3) is 0 Å². The molecule has 1 saturated carbocycles. The molecule has 1 aliphatic heterocycles. The van der Waals surface area contributed by atoms with Crippen molar-refractivity contribution in [2.45, 2.75) is 30.8 Å². The fraction of sp³-hybridized carbons (Fsp3) is 0.611. The van der Waals surface area contributed by atoms with Crippen LogP contribution < -0.4 is 10.6 Å². The second kappa shape index (κ2) is 9.53. The monoisotopic (exact) mass is 507 g/mol. The van der Waals surface area contributed by atoms with Crippen molar-refractivity contribution < 1.29 is 8.42 Å². The third-order valence-corrected chi connectivity index (χ3v) is 7.15. The number of hydrogen-bond acceptors (Lipinski definition) is 4. The van der Waals surface area contributed by atoms with Crippen LogP contribution in [0.15, 0.2) is 34.2 Å². The minimum atomic E-state index is -3.48. The molecule has 1 aromatic carbocycles. The number of likely N-dealkylation sites (N-methyl/N-ethyl adjacent to an activating group) is 1. The zero-order chi connectivity index (χ0) is 18.7. The quantitative estimate of drug-likeness (QED) is 0.357. The second-order valence-electron chi connectivity index (χ2n) is 7.20. The van der Waals surface area contributed by atoms with Crippen LogP contribution in [0.4, 0.5) is 0 Å². The van der Waals surface area contributed by atoms with Crippen molar-refractivity contribution in [3.8, 4) is 0 Å². The third-order valence-electron chi connectivity index (χ3n) is 5.15. The lowest BCUT2D eigenvalue weighted by molar-refractivity contribution is 0.222. The number of halogens is 1. The predicted octanol–water partition coefficient (Wildman–Crippen LogP) is 1.31. The fourth-order valence-electron chi connectivity index (χ4n) is 3.14. The highest BCUT2D eigenvalue weighted by Crippen LogP contribution is 2.28. The van der Waals surface area contributed by atoms with Crippen molar-refractivity contribution in [2.24, 2.45) is 10.9 Å². The molecule has 2 N–H and O–H groups in total. The first-order chi connectivity index (χ1) is 12.4. The van der Waals surface area contributed by atoms with E-state index < -0.39 is 10.0 Å². The average Bonchev–Trinajstić information content (AvgIpc) is 3.34. The van der Waals surface area contributed by atoms with E-state index in [4.69, 9.17) is 0 Å². The summed E-state index contributed by atoms with van der Waals surface area (Å²) in [4.78, 5) is 6.77. The normalized spacial score (nSPS) is 24.2. The number of nitrogens with one attached hydrogen (secondary N) is 2. The van der Waals surface area contributed by atoms with Crippen molar-refractivity contribution in [1.29, 1.82) is 0 Å². The van der Waals surface area contributed by atoms with Crippen molar-refractivity contribution in [1.82, 2.24) is 19.8 Å². The molecule has 152 valence electrons. The van der Waals surface area contributed by atoms with Crippen molar-refractivity contribution >= 4 is 40.0 Å². The van der Waals surface area contributed by atoms with Gasteiger partial charge in [0, 0.05) is 45.8 Å². The minimum Gasteiger partial charge on any atom is -0.353 e. The van der Waals surface area contributed by atoms with Crippen LogP contribution in [0.3, 0.4) is 0 Å². The van der Waals surface area contributed by atoms with Crippen molar-refractivity contribution in [3.05, 3.63) is 29.8 Å². The molecule has 0 radical (unpaired) electrons. The molecule has 2 unspecified atom stereocenters. The van der Waals surface area contributed by atoms with E-state index in [0.29, 0.717) is 42.4 Å². The van der Waals surface area contributed by atoms with Gasteiger partial charge in [-0.2, -0.15) is 4.31 Å². The van der Waals surface area contributed by atoms with E-state index in [1.807, 2.05) is 19.2 Å². The lowest BCUT2D eigenvalue weighted by Crippen LogP contribution is -2.47. The summed E-state index contributed by atoms with van der Waals surface area (Å²) in [7, 11) is 0.263. The molecular formula is C18H30IN5O2S. The Bertz CT molecular complexity index is 763. The Balaban J connectivity index is 0.00000261. The first-order valence-electron chi connectivity index (χ1n) is 9.15. The highest BCUT2D eigenvalue weighted by Gasteiger charge is 2.33. The van der Waals surface area contributed by atoms with Gasteiger partial charge in [0.15, 0.2) is 5.96 Å². The summed E-state index contributed by atoms with van der Waals surface area (Å²) in [6.07, 6.45) is 1.15. The van der Waals surface area contributed by atoms with Gasteiger partial charge in [-0.15, -0.1) is 24.0 Å². The number of sulfonamides is 1. The SMILES string of the molecule is CN=C(NCc1ccccc1S(=O)(=O)N1CCN(C)CC1)NC1CC1C.I. The molecule has 1 aromatic rings. The topological polar surface area (TPSA) is 77.0 Å². The molecule has 1 saturated heterocycles. The van der Waals surface area contributed by atoms with Crippen LogP contribution in [0.5, 0.6) is 0 Å². The zero-order valence-corrected chi connectivity index (χ0v) is 19.3. The summed E-state index contributed by atoms with van der Waals surface area (Å²) in [5, 5.41) is 6.61.